The Balaban J connectivity index is 1.79. The summed E-state index contributed by atoms with van der Waals surface area (Å²) in [6.45, 7) is 2.88. The van der Waals surface area contributed by atoms with Gasteiger partial charge >= 0.3 is 0 Å². The first-order chi connectivity index (χ1) is 12.5. The molecule has 1 aliphatic heterocycles. The van der Waals surface area contributed by atoms with Gasteiger partial charge in [0.2, 0.25) is 5.91 Å². The third-order valence-electron chi connectivity index (χ3n) is 4.19. The first kappa shape index (κ1) is 18.3. The highest BCUT2D eigenvalue weighted by Gasteiger charge is 2.21. The third kappa shape index (κ3) is 3.99. The van der Waals surface area contributed by atoms with Crippen molar-refractivity contribution in [2.75, 3.05) is 22.8 Å². The number of para-hydroxylation sites is 1. The van der Waals surface area contributed by atoms with Crippen molar-refractivity contribution in [3.8, 4) is 5.75 Å². The summed E-state index contributed by atoms with van der Waals surface area (Å²) < 4.78 is 33.3. The van der Waals surface area contributed by atoms with Crippen molar-refractivity contribution >= 4 is 27.3 Å². The number of piperidine rings is 1. The highest BCUT2D eigenvalue weighted by molar-refractivity contribution is 7.92. The molecule has 0 atom stereocenters. The Kier molecular flexibility index (Phi) is 5.46. The topological polar surface area (TPSA) is 75.7 Å². The third-order valence-corrected chi connectivity index (χ3v) is 5.61. The van der Waals surface area contributed by atoms with Gasteiger partial charge in [-0.3, -0.25) is 9.52 Å². The van der Waals surface area contributed by atoms with Gasteiger partial charge in [0.15, 0.2) is 0 Å². The molecule has 1 heterocycles. The van der Waals surface area contributed by atoms with Crippen LogP contribution in [0.3, 0.4) is 0 Å². The molecule has 0 bridgehead atoms. The Morgan fingerprint density at radius 1 is 1.08 bits per heavy atom. The molecular weight excluding hydrogens is 352 g/mol. The van der Waals surface area contributed by atoms with E-state index in [0.717, 1.165) is 18.5 Å². The Morgan fingerprint density at radius 3 is 2.50 bits per heavy atom. The van der Waals surface area contributed by atoms with E-state index in [-0.39, 0.29) is 10.8 Å². The molecule has 6 nitrogen and oxygen atoms in total. The van der Waals surface area contributed by atoms with Crippen molar-refractivity contribution in [3.05, 3.63) is 48.5 Å². The summed E-state index contributed by atoms with van der Waals surface area (Å²) in [6.07, 6.45) is 2.46. The second-order valence-corrected chi connectivity index (χ2v) is 7.69. The lowest BCUT2D eigenvalue weighted by molar-refractivity contribution is -0.119. The fraction of sp³-hybridized carbons (Fsp3) is 0.316. The zero-order chi connectivity index (χ0) is 18.6. The van der Waals surface area contributed by atoms with Gasteiger partial charge in [-0.25, -0.2) is 8.42 Å². The number of carbonyl (C=O) groups is 1. The molecule has 138 valence electrons. The lowest BCUT2D eigenvalue weighted by atomic mass is 10.1. The number of nitrogens with zero attached hydrogens (tertiary/aromatic N) is 1. The van der Waals surface area contributed by atoms with Gasteiger partial charge in [0.1, 0.15) is 10.6 Å². The monoisotopic (exact) mass is 374 g/mol. The Bertz CT molecular complexity index is 879. The molecule has 0 radical (unpaired) electrons. The van der Waals surface area contributed by atoms with Crippen LogP contribution in [-0.2, 0) is 14.8 Å². The van der Waals surface area contributed by atoms with Crippen molar-refractivity contribution in [2.45, 2.75) is 31.1 Å². The summed E-state index contributed by atoms with van der Waals surface area (Å²) in [5.74, 6) is 0.424. The molecule has 1 aliphatic rings. The zero-order valence-corrected chi connectivity index (χ0v) is 15.5. The lowest BCUT2D eigenvalue weighted by Gasteiger charge is -2.26. The number of ether oxygens (including phenoxy) is 1. The number of hydrogen-bond acceptors (Lipinski definition) is 4. The van der Waals surface area contributed by atoms with E-state index >= 15 is 0 Å². The average Bonchev–Trinajstić information content (AvgIpc) is 2.63. The summed E-state index contributed by atoms with van der Waals surface area (Å²) in [4.78, 5) is 13.8. The van der Waals surface area contributed by atoms with E-state index in [9.17, 15) is 13.2 Å². The Labute approximate surface area is 153 Å². The molecule has 1 amide bonds. The molecule has 0 unspecified atom stereocenters. The predicted octanol–water partition coefficient (Wildman–Crippen LogP) is 3.40. The molecule has 1 saturated heterocycles. The lowest BCUT2D eigenvalue weighted by Crippen LogP contribution is -2.35. The quantitative estimate of drug-likeness (QED) is 0.841. The van der Waals surface area contributed by atoms with Crippen LogP contribution >= 0.6 is 0 Å². The van der Waals surface area contributed by atoms with E-state index in [2.05, 4.69) is 4.72 Å². The Hall–Kier alpha value is -2.54. The minimum atomic E-state index is -3.77. The van der Waals surface area contributed by atoms with Crippen LogP contribution in [0.15, 0.2) is 53.4 Å². The number of rotatable bonds is 6. The molecular formula is C19H22N2O4S. The number of amides is 1. The van der Waals surface area contributed by atoms with E-state index in [1.165, 1.54) is 6.07 Å². The van der Waals surface area contributed by atoms with Crippen LogP contribution in [0.1, 0.15) is 26.2 Å². The second-order valence-electron chi connectivity index (χ2n) is 6.03. The van der Waals surface area contributed by atoms with Gasteiger partial charge in [0.05, 0.1) is 6.61 Å². The molecule has 3 rings (SSSR count). The molecule has 0 spiro atoms. The highest BCUT2D eigenvalue weighted by atomic mass is 32.2. The number of hydrogen-bond donors (Lipinski definition) is 1. The Morgan fingerprint density at radius 2 is 1.81 bits per heavy atom. The maximum atomic E-state index is 12.7. The summed E-state index contributed by atoms with van der Waals surface area (Å²) in [5.41, 5.74) is 1.22. The molecule has 26 heavy (non-hydrogen) atoms. The number of carbonyl (C=O) groups excluding carboxylic acids is 1. The van der Waals surface area contributed by atoms with Crippen molar-refractivity contribution < 1.29 is 17.9 Å². The van der Waals surface area contributed by atoms with Gasteiger partial charge in [-0.05, 0) is 56.2 Å². The van der Waals surface area contributed by atoms with E-state index < -0.39 is 10.0 Å². The van der Waals surface area contributed by atoms with E-state index in [1.54, 1.807) is 54.3 Å². The average molecular weight is 374 g/mol. The highest BCUT2D eigenvalue weighted by Crippen LogP contribution is 2.27. The summed E-state index contributed by atoms with van der Waals surface area (Å²) >= 11 is 0. The fourth-order valence-electron chi connectivity index (χ4n) is 2.95. The van der Waals surface area contributed by atoms with Crippen LogP contribution in [0.5, 0.6) is 5.75 Å². The number of nitrogens with one attached hydrogen (secondary N) is 1. The first-order valence-corrected chi connectivity index (χ1v) is 10.1. The van der Waals surface area contributed by atoms with Crippen LogP contribution < -0.4 is 14.4 Å². The van der Waals surface area contributed by atoms with Crippen LogP contribution in [0.25, 0.3) is 0 Å². The van der Waals surface area contributed by atoms with Crippen LogP contribution in [-0.4, -0.2) is 27.5 Å². The molecule has 2 aromatic rings. The minimum absolute atomic E-state index is 0.0946. The van der Waals surface area contributed by atoms with Crippen molar-refractivity contribution in [2.24, 2.45) is 0 Å². The second kappa shape index (κ2) is 7.78. The van der Waals surface area contributed by atoms with Gasteiger partial charge in [0, 0.05) is 24.3 Å². The fourth-order valence-corrected chi connectivity index (χ4v) is 4.15. The normalized spacial score (nSPS) is 15.0. The molecule has 0 aliphatic carbocycles. The first-order valence-electron chi connectivity index (χ1n) is 8.66. The van der Waals surface area contributed by atoms with E-state index in [1.807, 2.05) is 0 Å². The molecule has 2 aromatic carbocycles. The molecule has 0 saturated carbocycles. The van der Waals surface area contributed by atoms with Crippen molar-refractivity contribution in [1.82, 2.24) is 0 Å². The summed E-state index contributed by atoms with van der Waals surface area (Å²) in [5, 5.41) is 0. The molecule has 0 aromatic heterocycles. The zero-order valence-electron chi connectivity index (χ0n) is 14.6. The maximum Gasteiger partial charge on any atom is 0.265 e. The smallest absolute Gasteiger partial charge is 0.265 e. The molecule has 7 heteroatoms. The predicted molar refractivity (Wildman–Crippen MR) is 101 cm³/mol. The van der Waals surface area contributed by atoms with Gasteiger partial charge in [0.25, 0.3) is 10.0 Å². The minimum Gasteiger partial charge on any atom is -0.492 e. The largest absolute Gasteiger partial charge is 0.492 e. The van der Waals surface area contributed by atoms with Crippen LogP contribution in [0, 0.1) is 0 Å². The number of sulfonamides is 1. The number of anilines is 2. The summed E-state index contributed by atoms with van der Waals surface area (Å²) in [7, 11) is -3.77. The van der Waals surface area contributed by atoms with Gasteiger partial charge in [-0.1, -0.05) is 12.1 Å². The van der Waals surface area contributed by atoms with Gasteiger partial charge < -0.3 is 9.64 Å². The van der Waals surface area contributed by atoms with Crippen LogP contribution in [0.2, 0.25) is 0 Å². The molecule has 1 N–H and O–H groups in total. The van der Waals surface area contributed by atoms with Crippen molar-refractivity contribution in [1.29, 1.82) is 0 Å². The van der Waals surface area contributed by atoms with Crippen LogP contribution in [0.4, 0.5) is 11.4 Å². The van der Waals surface area contributed by atoms with E-state index in [4.69, 9.17) is 4.74 Å². The van der Waals surface area contributed by atoms with Gasteiger partial charge in [-0.2, -0.15) is 0 Å². The SMILES string of the molecule is CCOc1ccccc1S(=O)(=O)Nc1ccc(N2CCCCC2=O)cc1. The maximum absolute atomic E-state index is 12.7. The van der Waals surface area contributed by atoms with Crippen molar-refractivity contribution in [3.63, 3.8) is 0 Å². The van der Waals surface area contributed by atoms with E-state index in [0.29, 0.717) is 31.0 Å². The molecule has 1 fully saturated rings. The standard InChI is InChI=1S/C19H22N2O4S/c1-2-25-17-7-3-4-8-18(17)26(23,24)20-15-10-12-16(13-11-15)21-14-6-5-9-19(21)22/h3-4,7-8,10-13,20H,2,5-6,9,14H2,1H3. The summed E-state index contributed by atoms with van der Waals surface area (Å²) in [6, 6.07) is 13.4. The number of benzene rings is 2. The van der Waals surface area contributed by atoms with Gasteiger partial charge in [-0.15, -0.1) is 0 Å².